The molecule has 170 valence electrons. The highest BCUT2D eigenvalue weighted by Crippen LogP contribution is 2.43. The number of rotatable bonds is 6. The first-order chi connectivity index (χ1) is 16.3. The van der Waals surface area contributed by atoms with E-state index in [1.165, 1.54) is 4.90 Å². The average Bonchev–Trinajstić information content (AvgIpc) is 3.39. The topological polar surface area (TPSA) is 70.8 Å². The molecule has 2 heterocycles. The van der Waals surface area contributed by atoms with E-state index in [9.17, 15) is 14.7 Å². The number of anilines is 1. The molecule has 1 aliphatic heterocycles. The molecule has 4 aromatic rings. The molecule has 0 bridgehead atoms. The second kappa shape index (κ2) is 8.76. The van der Waals surface area contributed by atoms with E-state index >= 15 is 0 Å². The van der Waals surface area contributed by atoms with Crippen LogP contribution in [0.3, 0.4) is 0 Å². The number of benzene rings is 3. The van der Waals surface area contributed by atoms with Crippen molar-refractivity contribution >= 4 is 40.6 Å². The summed E-state index contributed by atoms with van der Waals surface area (Å²) in [7, 11) is 0. The van der Waals surface area contributed by atoms with Gasteiger partial charge in [0.2, 0.25) is 5.78 Å². The summed E-state index contributed by atoms with van der Waals surface area (Å²) in [6.45, 7) is 0.217. The van der Waals surface area contributed by atoms with E-state index in [1.54, 1.807) is 78.9 Å². The molecule has 0 fully saturated rings. The van der Waals surface area contributed by atoms with Crippen molar-refractivity contribution in [3.63, 3.8) is 0 Å². The lowest BCUT2D eigenvalue weighted by atomic mass is 9.89. The number of halogens is 2. The molecule has 1 aromatic heterocycles. The Labute approximate surface area is 206 Å². The van der Waals surface area contributed by atoms with Crippen molar-refractivity contribution in [2.24, 2.45) is 0 Å². The molecule has 34 heavy (non-hydrogen) atoms. The fraction of sp³-hybridized carbons (Fsp3) is 0.111. The number of hydrogen-bond acceptors (Lipinski definition) is 4. The first-order valence-electron chi connectivity index (χ1n) is 10.6. The van der Waals surface area contributed by atoms with Gasteiger partial charge in [0.15, 0.2) is 11.4 Å². The lowest BCUT2D eigenvalue weighted by Crippen LogP contribution is -2.41. The van der Waals surface area contributed by atoms with Crippen LogP contribution >= 0.6 is 23.2 Å². The van der Waals surface area contributed by atoms with Crippen LogP contribution in [0, 0.1) is 0 Å². The van der Waals surface area contributed by atoms with Gasteiger partial charge in [0, 0.05) is 21.2 Å². The van der Waals surface area contributed by atoms with Crippen LogP contribution in [0.15, 0.2) is 89.3 Å². The molecule has 0 saturated carbocycles. The Morgan fingerprint density at radius 2 is 1.68 bits per heavy atom. The van der Waals surface area contributed by atoms with E-state index in [4.69, 9.17) is 27.6 Å². The molecular weight excluding hydrogens is 473 g/mol. The summed E-state index contributed by atoms with van der Waals surface area (Å²) in [5.74, 6) is -0.480. The summed E-state index contributed by atoms with van der Waals surface area (Å²) < 4.78 is 5.74. The van der Waals surface area contributed by atoms with Crippen LogP contribution in [0.2, 0.25) is 10.0 Å². The van der Waals surface area contributed by atoms with Gasteiger partial charge >= 0.3 is 0 Å². The Morgan fingerprint density at radius 3 is 2.44 bits per heavy atom. The number of amides is 1. The summed E-state index contributed by atoms with van der Waals surface area (Å²) in [4.78, 5) is 28.0. The second-order valence-electron chi connectivity index (χ2n) is 8.17. The molecule has 1 amide bonds. The molecule has 3 aromatic carbocycles. The number of para-hydroxylation sites is 1. The van der Waals surface area contributed by atoms with Crippen LogP contribution in [0.25, 0.3) is 11.3 Å². The molecule has 7 heteroatoms. The van der Waals surface area contributed by atoms with Crippen LogP contribution in [-0.2, 0) is 16.9 Å². The Hall–Kier alpha value is -3.38. The molecule has 0 radical (unpaired) electrons. The molecule has 5 rings (SSSR count). The number of carbonyl (C=O) groups is 2. The largest absolute Gasteiger partial charge is 0.453 e. The highest BCUT2D eigenvalue weighted by molar-refractivity contribution is 6.30. The van der Waals surface area contributed by atoms with Crippen molar-refractivity contribution in [1.29, 1.82) is 0 Å². The normalized spacial score (nSPS) is 17.1. The zero-order chi connectivity index (χ0) is 23.9. The monoisotopic (exact) mass is 491 g/mol. The summed E-state index contributed by atoms with van der Waals surface area (Å²) in [6.07, 6.45) is -0.442. The molecule has 0 aliphatic carbocycles. The Morgan fingerprint density at radius 1 is 0.912 bits per heavy atom. The fourth-order valence-electron chi connectivity index (χ4n) is 4.23. The molecular formula is C27H19Cl2NO4. The summed E-state index contributed by atoms with van der Waals surface area (Å²) in [5.41, 5.74) is 0.519. The van der Waals surface area contributed by atoms with Crippen molar-refractivity contribution in [2.75, 3.05) is 4.90 Å². The van der Waals surface area contributed by atoms with E-state index < -0.39 is 23.7 Å². The predicted molar refractivity (Wildman–Crippen MR) is 131 cm³/mol. The maximum atomic E-state index is 13.4. The van der Waals surface area contributed by atoms with E-state index in [-0.39, 0.29) is 12.3 Å². The maximum Gasteiger partial charge on any atom is 0.264 e. The number of furan rings is 1. The lowest BCUT2D eigenvalue weighted by molar-refractivity contribution is -0.136. The number of fused-ring (bicyclic) bond motifs is 1. The summed E-state index contributed by atoms with van der Waals surface area (Å²) in [6, 6.07) is 24.4. The smallest absolute Gasteiger partial charge is 0.264 e. The SMILES string of the molecule is O=C(CC1(O)C(=O)N(Cc2cccc(Cl)c2)c2ccccc21)c1ccc(-c2ccc(Cl)cc2)o1. The first kappa shape index (κ1) is 22.4. The second-order valence-corrected chi connectivity index (χ2v) is 9.04. The summed E-state index contributed by atoms with van der Waals surface area (Å²) >= 11 is 12.0. The maximum absolute atomic E-state index is 13.4. The van der Waals surface area contributed by atoms with Crippen molar-refractivity contribution < 1.29 is 19.1 Å². The zero-order valence-corrected chi connectivity index (χ0v) is 19.4. The Kier molecular flexibility index (Phi) is 5.78. The number of nitrogens with zero attached hydrogens (tertiary/aromatic N) is 1. The molecule has 1 N–H and O–H groups in total. The number of aliphatic hydroxyl groups is 1. The van der Waals surface area contributed by atoms with Crippen molar-refractivity contribution in [2.45, 2.75) is 18.6 Å². The molecule has 1 unspecified atom stereocenters. The minimum atomic E-state index is -2.00. The van der Waals surface area contributed by atoms with Crippen molar-refractivity contribution in [3.05, 3.63) is 112 Å². The minimum Gasteiger partial charge on any atom is -0.453 e. The van der Waals surface area contributed by atoms with E-state index in [1.807, 2.05) is 6.07 Å². The van der Waals surface area contributed by atoms with Crippen LogP contribution in [0.5, 0.6) is 0 Å². The summed E-state index contributed by atoms with van der Waals surface area (Å²) in [5, 5.41) is 12.7. The van der Waals surface area contributed by atoms with Gasteiger partial charge in [-0.15, -0.1) is 0 Å². The molecule has 1 atom stereocenters. The van der Waals surface area contributed by atoms with E-state index in [0.29, 0.717) is 27.1 Å². The third kappa shape index (κ3) is 4.03. The van der Waals surface area contributed by atoms with E-state index in [2.05, 4.69) is 0 Å². The van der Waals surface area contributed by atoms with Gasteiger partial charge in [0.1, 0.15) is 5.76 Å². The number of carbonyl (C=O) groups excluding carboxylic acids is 2. The Bertz CT molecular complexity index is 1400. The van der Waals surface area contributed by atoms with Crippen LogP contribution in [-0.4, -0.2) is 16.8 Å². The van der Waals surface area contributed by atoms with Gasteiger partial charge in [-0.3, -0.25) is 9.59 Å². The van der Waals surface area contributed by atoms with Crippen LogP contribution in [0.4, 0.5) is 5.69 Å². The standard InChI is InChI=1S/C27H19Cl2NO4/c28-19-10-8-18(9-11-19)24-12-13-25(34-24)23(31)15-27(33)21-6-1-2-7-22(21)30(26(27)32)16-17-4-3-5-20(29)14-17/h1-14,33H,15-16H2. The molecule has 1 aliphatic rings. The quantitative estimate of drug-likeness (QED) is 0.323. The first-order valence-corrected chi connectivity index (χ1v) is 11.4. The van der Waals surface area contributed by atoms with Crippen LogP contribution in [0.1, 0.15) is 28.1 Å². The zero-order valence-electron chi connectivity index (χ0n) is 17.9. The van der Waals surface area contributed by atoms with Crippen molar-refractivity contribution in [3.8, 4) is 11.3 Å². The van der Waals surface area contributed by atoms with Gasteiger partial charge in [-0.2, -0.15) is 0 Å². The molecule has 0 spiro atoms. The highest BCUT2D eigenvalue weighted by atomic mass is 35.5. The van der Waals surface area contributed by atoms with Crippen LogP contribution < -0.4 is 4.90 Å². The van der Waals surface area contributed by atoms with Gasteiger partial charge in [-0.25, -0.2) is 0 Å². The van der Waals surface area contributed by atoms with Gasteiger partial charge in [0.25, 0.3) is 5.91 Å². The Balaban J connectivity index is 1.42. The highest BCUT2D eigenvalue weighted by Gasteiger charge is 2.51. The molecule has 5 nitrogen and oxygen atoms in total. The predicted octanol–water partition coefficient (Wildman–Crippen LogP) is 6.26. The number of ketones is 1. The molecule has 0 saturated heterocycles. The fourth-order valence-corrected chi connectivity index (χ4v) is 4.57. The average molecular weight is 492 g/mol. The lowest BCUT2D eigenvalue weighted by Gasteiger charge is -2.22. The minimum absolute atomic E-state index is 0.0666. The van der Waals surface area contributed by atoms with E-state index in [0.717, 1.165) is 11.1 Å². The third-order valence-corrected chi connectivity index (χ3v) is 6.38. The van der Waals surface area contributed by atoms with Gasteiger partial charge in [0.05, 0.1) is 18.7 Å². The van der Waals surface area contributed by atoms with Gasteiger partial charge < -0.3 is 14.4 Å². The third-order valence-electron chi connectivity index (χ3n) is 5.90. The number of Topliss-reactive ketones (excluding diaryl/α,β-unsaturated/α-hetero) is 1. The van der Waals surface area contributed by atoms with Gasteiger partial charge in [-0.1, -0.05) is 53.5 Å². The van der Waals surface area contributed by atoms with Crippen molar-refractivity contribution in [1.82, 2.24) is 0 Å². The number of hydrogen-bond donors (Lipinski definition) is 1. The van der Waals surface area contributed by atoms with Gasteiger partial charge in [-0.05, 0) is 60.2 Å².